The highest BCUT2D eigenvalue weighted by Crippen LogP contribution is 2.28. The molecule has 30 heavy (non-hydrogen) atoms. The lowest BCUT2D eigenvalue weighted by molar-refractivity contribution is -0.122. The maximum atomic E-state index is 13.3. The zero-order chi connectivity index (χ0) is 21.7. The summed E-state index contributed by atoms with van der Waals surface area (Å²) in [5, 5.41) is 12.6. The molecule has 3 rings (SSSR count). The average Bonchev–Trinajstić information content (AvgIpc) is 3.46. The molecule has 1 aromatic heterocycles. The first-order valence-electron chi connectivity index (χ1n) is 10.8. The summed E-state index contributed by atoms with van der Waals surface area (Å²) in [7, 11) is 0. The van der Waals surface area contributed by atoms with Gasteiger partial charge < -0.3 is 20.2 Å². The maximum absolute atomic E-state index is 13.3. The van der Waals surface area contributed by atoms with E-state index in [0.717, 1.165) is 36.3 Å². The number of aromatic nitrogens is 1. The van der Waals surface area contributed by atoms with E-state index in [-0.39, 0.29) is 24.3 Å². The van der Waals surface area contributed by atoms with Crippen LogP contribution in [-0.4, -0.2) is 69.9 Å². The first kappa shape index (κ1) is 22.7. The highest BCUT2D eigenvalue weighted by molar-refractivity contribution is 7.15. The molecule has 2 aliphatic rings. The molecule has 0 spiro atoms. The summed E-state index contributed by atoms with van der Waals surface area (Å²) in [4.78, 5) is 46.5. The Morgan fingerprint density at radius 2 is 1.93 bits per heavy atom. The Kier molecular flexibility index (Phi) is 7.82. The molecule has 2 fully saturated rings. The van der Waals surface area contributed by atoms with Gasteiger partial charge in [-0.1, -0.05) is 25.7 Å². The van der Waals surface area contributed by atoms with Gasteiger partial charge in [0.25, 0.3) is 0 Å². The van der Waals surface area contributed by atoms with Crippen LogP contribution in [0.2, 0.25) is 0 Å². The standard InChI is InChI=1S/C21H32N4O4S/c1-14-15(2)30-20(22-14)23-19(28)18-8-5-10-25(18)21(29)24(12-17(27)13-26)11-9-16-6-3-4-7-16/h16,18,26H,3-13H2,1-2H3,(H,22,23,28). The summed E-state index contributed by atoms with van der Waals surface area (Å²) in [6, 6.07) is -0.862. The number of carbonyl (C=O) groups excluding carboxylic acids is 3. The van der Waals surface area contributed by atoms with Crippen molar-refractivity contribution in [1.29, 1.82) is 0 Å². The van der Waals surface area contributed by atoms with Gasteiger partial charge in [0.05, 0.1) is 12.2 Å². The molecule has 1 aromatic rings. The van der Waals surface area contributed by atoms with Crippen molar-refractivity contribution in [3.63, 3.8) is 0 Å². The molecule has 1 saturated carbocycles. The molecule has 0 aromatic carbocycles. The number of amides is 3. The van der Waals surface area contributed by atoms with Crippen LogP contribution in [0.4, 0.5) is 9.93 Å². The molecule has 1 aliphatic heterocycles. The molecular weight excluding hydrogens is 404 g/mol. The molecule has 1 saturated heterocycles. The van der Waals surface area contributed by atoms with E-state index in [9.17, 15) is 14.4 Å². The van der Waals surface area contributed by atoms with Crippen LogP contribution in [0.3, 0.4) is 0 Å². The summed E-state index contributed by atoms with van der Waals surface area (Å²) in [5.74, 6) is -0.0406. The fourth-order valence-corrected chi connectivity index (χ4v) is 5.13. The summed E-state index contributed by atoms with van der Waals surface area (Å²) < 4.78 is 0. The second-order valence-electron chi connectivity index (χ2n) is 8.34. The van der Waals surface area contributed by atoms with Gasteiger partial charge in [-0.3, -0.25) is 9.59 Å². The normalized spacial score (nSPS) is 19.3. The maximum Gasteiger partial charge on any atom is 0.321 e. The van der Waals surface area contributed by atoms with E-state index >= 15 is 0 Å². The topological polar surface area (TPSA) is 103 Å². The Bertz CT molecular complexity index is 756. The summed E-state index contributed by atoms with van der Waals surface area (Å²) in [5.41, 5.74) is 0.884. The second kappa shape index (κ2) is 10.3. The number of aliphatic hydroxyl groups excluding tert-OH is 1. The Hall–Kier alpha value is -2.00. The Labute approximate surface area is 181 Å². The molecule has 2 heterocycles. The Morgan fingerprint density at radius 3 is 2.57 bits per heavy atom. The first-order valence-corrected chi connectivity index (χ1v) is 11.6. The van der Waals surface area contributed by atoms with Crippen molar-refractivity contribution in [1.82, 2.24) is 14.8 Å². The number of anilines is 1. The predicted molar refractivity (Wildman–Crippen MR) is 116 cm³/mol. The van der Waals surface area contributed by atoms with Crippen molar-refractivity contribution in [3.05, 3.63) is 10.6 Å². The van der Waals surface area contributed by atoms with Crippen molar-refractivity contribution >= 4 is 34.2 Å². The average molecular weight is 437 g/mol. The van der Waals surface area contributed by atoms with Crippen molar-refractivity contribution in [3.8, 4) is 0 Å². The van der Waals surface area contributed by atoms with E-state index in [1.165, 1.54) is 29.1 Å². The van der Waals surface area contributed by atoms with E-state index < -0.39 is 12.6 Å². The lowest BCUT2D eigenvalue weighted by atomic mass is 10.0. The van der Waals surface area contributed by atoms with Crippen LogP contribution in [0, 0.1) is 19.8 Å². The molecule has 2 N–H and O–H groups in total. The van der Waals surface area contributed by atoms with Gasteiger partial charge >= 0.3 is 6.03 Å². The van der Waals surface area contributed by atoms with Crippen molar-refractivity contribution < 1.29 is 19.5 Å². The number of nitrogens with zero attached hydrogens (tertiary/aromatic N) is 3. The third kappa shape index (κ3) is 5.57. The lowest BCUT2D eigenvalue weighted by Crippen LogP contribution is -2.51. The van der Waals surface area contributed by atoms with Crippen LogP contribution in [-0.2, 0) is 9.59 Å². The highest BCUT2D eigenvalue weighted by Gasteiger charge is 2.37. The largest absolute Gasteiger partial charge is 0.389 e. The fraction of sp³-hybridized carbons (Fsp3) is 0.714. The number of nitrogens with one attached hydrogen (secondary N) is 1. The summed E-state index contributed by atoms with van der Waals surface area (Å²) in [6.45, 7) is 4.12. The number of thiazole rings is 1. The van der Waals surface area contributed by atoms with Gasteiger partial charge in [-0.15, -0.1) is 11.3 Å². The Morgan fingerprint density at radius 1 is 1.20 bits per heavy atom. The monoisotopic (exact) mass is 436 g/mol. The van der Waals surface area contributed by atoms with Gasteiger partial charge in [0.2, 0.25) is 5.91 Å². The SMILES string of the molecule is Cc1nc(NC(=O)C2CCCN2C(=O)N(CCC2CCCC2)CC(=O)CO)sc1C. The number of aryl methyl sites for hydroxylation is 2. The lowest BCUT2D eigenvalue weighted by Gasteiger charge is -2.31. The zero-order valence-corrected chi connectivity index (χ0v) is 18.7. The third-order valence-electron chi connectivity index (χ3n) is 6.16. The molecule has 8 nitrogen and oxygen atoms in total. The molecule has 1 aliphatic carbocycles. The molecule has 1 atom stereocenters. The van der Waals surface area contributed by atoms with E-state index in [4.69, 9.17) is 5.11 Å². The molecule has 1 unspecified atom stereocenters. The Balaban J connectivity index is 1.66. The molecule has 9 heteroatoms. The van der Waals surface area contributed by atoms with E-state index in [1.54, 1.807) is 4.90 Å². The smallest absolute Gasteiger partial charge is 0.321 e. The van der Waals surface area contributed by atoms with Crippen LogP contribution in [0.5, 0.6) is 0 Å². The highest BCUT2D eigenvalue weighted by atomic mass is 32.1. The van der Waals surface area contributed by atoms with E-state index in [2.05, 4.69) is 10.3 Å². The number of urea groups is 1. The molecule has 166 valence electrons. The summed E-state index contributed by atoms with van der Waals surface area (Å²) >= 11 is 1.42. The zero-order valence-electron chi connectivity index (χ0n) is 17.9. The van der Waals surface area contributed by atoms with Crippen LogP contribution >= 0.6 is 11.3 Å². The number of likely N-dealkylation sites (tertiary alicyclic amines) is 1. The number of Topliss-reactive ketones (excluding diaryl/α,β-unsaturated/α-hetero) is 1. The van der Waals surface area contributed by atoms with Crippen LogP contribution in [0.1, 0.15) is 55.5 Å². The van der Waals surface area contributed by atoms with Gasteiger partial charge in [-0.25, -0.2) is 9.78 Å². The second-order valence-corrected chi connectivity index (χ2v) is 9.54. The van der Waals surface area contributed by atoms with Crippen LogP contribution in [0.15, 0.2) is 0 Å². The minimum atomic E-state index is -0.583. The third-order valence-corrected chi connectivity index (χ3v) is 7.14. The molecule has 0 radical (unpaired) electrons. The fourth-order valence-electron chi connectivity index (χ4n) is 4.31. The first-order chi connectivity index (χ1) is 14.4. The minimum Gasteiger partial charge on any atom is -0.389 e. The van der Waals surface area contributed by atoms with Crippen molar-refractivity contribution in [2.24, 2.45) is 5.92 Å². The van der Waals surface area contributed by atoms with Crippen LogP contribution in [0.25, 0.3) is 0 Å². The quantitative estimate of drug-likeness (QED) is 0.652. The van der Waals surface area contributed by atoms with Crippen molar-refractivity contribution in [2.75, 3.05) is 31.6 Å². The molecule has 3 amide bonds. The van der Waals surface area contributed by atoms with Gasteiger partial charge in [0, 0.05) is 18.0 Å². The minimum absolute atomic E-state index is 0.113. The number of carbonyl (C=O) groups is 3. The number of hydrogen-bond acceptors (Lipinski definition) is 6. The van der Waals surface area contributed by atoms with Gasteiger partial charge in [0.1, 0.15) is 12.6 Å². The van der Waals surface area contributed by atoms with E-state index in [0.29, 0.717) is 30.6 Å². The number of hydrogen-bond donors (Lipinski definition) is 2. The number of aliphatic hydroxyl groups is 1. The molecule has 0 bridgehead atoms. The predicted octanol–water partition coefficient (Wildman–Crippen LogP) is 2.73. The van der Waals surface area contributed by atoms with Gasteiger partial charge in [-0.2, -0.15) is 0 Å². The number of ketones is 1. The van der Waals surface area contributed by atoms with Crippen molar-refractivity contribution in [2.45, 2.75) is 64.8 Å². The number of rotatable bonds is 8. The van der Waals surface area contributed by atoms with E-state index in [1.807, 2.05) is 13.8 Å². The van der Waals surface area contributed by atoms with Gasteiger partial charge in [-0.05, 0) is 39.0 Å². The molecular formula is C21H32N4O4S. The van der Waals surface area contributed by atoms with Gasteiger partial charge in [0.15, 0.2) is 10.9 Å². The van der Waals surface area contributed by atoms with Crippen LogP contribution < -0.4 is 5.32 Å². The summed E-state index contributed by atoms with van der Waals surface area (Å²) in [6.07, 6.45) is 6.95.